The zero-order valence-corrected chi connectivity index (χ0v) is 11.6. The van der Waals surface area contributed by atoms with Crippen molar-refractivity contribution in [2.24, 2.45) is 0 Å². The summed E-state index contributed by atoms with van der Waals surface area (Å²) in [6.45, 7) is 0. The summed E-state index contributed by atoms with van der Waals surface area (Å²) < 4.78 is 0. The molecule has 1 amide bonds. The molecule has 0 aliphatic heterocycles. The summed E-state index contributed by atoms with van der Waals surface area (Å²) in [5.41, 5.74) is 5.93. The fraction of sp³-hybridized carbons (Fsp3) is 0.133. The van der Waals surface area contributed by atoms with Crippen LogP contribution in [0.4, 0.5) is 11.4 Å². The number of carbonyl (C=O) groups excluding carboxylic acids is 1. The molecule has 2 aromatic rings. The Labute approximate surface area is 126 Å². The molecule has 0 aliphatic rings. The van der Waals surface area contributed by atoms with Gasteiger partial charge in [0.25, 0.3) is 5.69 Å². The standard InChI is InChI=1S/C15H15N3O4/c19-14(11-5-2-1-3-6-11)10-15(20)17-16-12-7-4-8-13(9-12)18(21)22/h1-9,14,16,19H,10H2,(H,17,20). The molecule has 0 aliphatic carbocycles. The Morgan fingerprint density at radius 3 is 2.59 bits per heavy atom. The molecule has 1 atom stereocenters. The van der Waals surface area contributed by atoms with E-state index in [1.807, 2.05) is 6.07 Å². The highest BCUT2D eigenvalue weighted by Crippen LogP contribution is 2.17. The molecule has 2 rings (SSSR count). The third kappa shape index (κ3) is 4.29. The topological polar surface area (TPSA) is 104 Å². The molecule has 0 fully saturated rings. The van der Waals surface area contributed by atoms with Crippen molar-refractivity contribution in [3.05, 3.63) is 70.3 Å². The highest BCUT2D eigenvalue weighted by Gasteiger charge is 2.12. The van der Waals surface area contributed by atoms with Gasteiger partial charge in [-0.2, -0.15) is 0 Å². The lowest BCUT2D eigenvalue weighted by Gasteiger charge is -2.12. The molecule has 2 aromatic carbocycles. The van der Waals surface area contributed by atoms with E-state index in [1.54, 1.807) is 30.3 Å². The number of hydrogen-bond acceptors (Lipinski definition) is 5. The lowest BCUT2D eigenvalue weighted by Crippen LogP contribution is -2.30. The number of aliphatic hydroxyl groups excluding tert-OH is 1. The lowest BCUT2D eigenvalue weighted by atomic mass is 10.1. The quantitative estimate of drug-likeness (QED) is 0.560. The Bertz CT molecular complexity index is 661. The summed E-state index contributed by atoms with van der Waals surface area (Å²) in [6.07, 6.45) is -1.03. The lowest BCUT2D eigenvalue weighted by molar-refractivity contribution is -0.384. The number of nitro benzene ring substituents is 1. The average Bonchev–Trinajstić information content (AvgIpc) is 2.54. The Morgan fingerprint density at radius 1 is 1.18 bits per heavy atom. The van der Waals surface area contributed by atoms with Crippen molar-refractivity contribution in [3.63, 3.8) is 0 Å². The van der Waals surface area contributed by atoms with E-state index in [0.29, 0.717) is 11.3 Å². The number of non-ortho nitro benzene ring substituents is 1. The first-order valence-electron chi connectivity index (χ1n) is 6.58. The van der Waals surface area contributed by atoms with Gasteiger partial charge in [-0.15, -0.1) is 0 Å². The maximum atomic E-state index is 11.8. The third-order valence-electron chi connectivity index (χ3n) is 2.97. The molecule has 22 heavy (non-hydrogen) atoms. The van der Waals surface area contributed by atoms with Crippen molar-refractivity contribution in [1.82, 2.24) is 5.43 Å². The second-order valence-electron chi connectivity index (χ2n) is 4.61. The highest BCUT2D eigenvalue weighted by molar-refractivity contribution is 5.78. The average molecular weight is 301 g/mol. The van der Waals surface area contributed by atoms with Gasteiger partial charge < -0.3 is 5.11 Å². The molecule has 0 bridgehead atoms. The van der Waals surface area contributed by atoms with Gasteiger partial charge in [0.2, 0.25) is 5.91 Å². The summed E-state index contributed by atoms with van der Waals surface area (Å²) in [5, 5.41) is 20.6. The van der Waals surface area contributed by atoms with E-state index in [4.69, 9.17) is 0 Å². The van der Waals surface area contributed by atoms with Crippen LogP contribution in [0, 0.1) is 10.1 Å². The van der Waals surface area contributed by atoms with Crippen LogP contribution in [0.15, 0.2) is 54.6 Å². The molecule has 0 radical (unpaired) electrons. The van der Waals surface area contributed by atoms with E-state index in [1.165, 1.54) is 18.2 Å². The van der Waals surface area contributed by atoms with Crippen LogP contribution in [0.3, 0.4) is 0 Å². The predicted octanol–water partition coefficient (Wildman–Crippen LogP) is 2.16. The monoisotopic (exact) mass is 301 g/mol. The van der Waals surface area contributed by atoms with Crippen LogP contribution in [0.5, 0.6) is 0 Å². The Hall–Kier alpha value is -2.93. The molecule has 0 saturated carbocycles. The number of carbonyl (C=O) groups is 1. The maximum absolute atomic E-state index is 11.8. The van der Waals surface area contributed by atoms with E-state index in [0.717, 1.165) is 0 Å². The van der Waals surface area contributed by atoms with E-state index >= 15 is 0 Å². The molecule has 0 heterocycles. The van der Waals surface area contributed by atoms with Crippen LogP contribution < -0.4 is 10.9 Å². The smallest absolute Gasteiger partial charge is 0.271 e. The van der Waals surface area contributed by atoms with Gasteiger partial charge in [0.15, 0.2) is 0 Å². The van der Waals surface area contributed by atoms with Crippen LogP contribution in [0.2, 0.25) is 0 Å². The summed E-state index contributed by atoms with van der Waals surface area (Å²) >= 11 is 0. The minimum atomic E-state index is -0.909. The van der Waals surface area contributed by atoms with E-state index < -0.39 is 16.9 Å². The number of nitro groups is 1. The molecule has 0 spiro atoms. The van der Waals surface area contributed by atoms with Crippen molar-refractivity contribution in [3.8, 4) is 0 Å². The number of hydrogen-bond donors (Lipinski definition) is 3. The van der Waals surface area contributed by atoms with Gasteiger partial charge in [-0.1, -0.05) is 36.4 Å². The van der Waals surface area contributed by atoms with E-state index in [2.05, 4.69) is 10.9 Å². The molecule has 7 heteroatoms. The van der Waals surface area contributed by atoms with Gasteiger partial charge in [0.05, 0.1) is 23.1 Å². The molecular weight excluding hydrogens is 286 g/mol. The number of nitrogens with one attached hydrogen (secondary N) is 2. The fourth-order valence-corrected chi connectivity index (χ4v) is 1.86. The molecule has 1 unspecified atom stereocenters. The third-order valence-corrected chi connectivity index (χ3v) is 2.97. The molecule has 3 N–H and O–H groups in total. The second kappa shape index (κ2) is 7.19. The number of rotatable bonds is 6. The number of amides is 1. The largest absolute Gasteiger partial charge is 0.388 e. The minimum Gasteiger partial charge on any atom is -0.388 e. The first kappa shape index (κ1) is 15.5. The van der Waals surface area contributed by atoms with E-state index in [-0.39, 0.29) is 12.1 Å². The van der Waals surface area contributed by atoms with Crippen molar-refractivity contribution in [2.45, 2.75) is 12.5 Å². The molecule has 0 aromatic heterocycles. The van der Waals surface area contributed by atoms with Crippen molar-refractivity contribution >= 4 is 17.3 Å². The molecule has 7 nitrogen and oxygen atoms in total. The Balaban J connectivity index is 1.88. The normalized spacial score (nSPS) is 11.5. The molecular formula is C15H15N3O4. The van der Waals surface area contributed by atoms with E-state index in [9.17, 15) is 20.0 Å². The summed E-state index contributed by atoms with van der Waals surface area (Å²) in [6, 6.07) is 14.6. The van der Waals surface area contributed by atoms with Crippen molar-refractivity contribution in [1.29, 1.82) is 0 Å². The first-order chi connectivity index (χ1) is 10.6. The van der Waals surface area contributed by atoms with Crippen LogP contribution in [0.25, 0.3) is 0 Å². The van der Waals surface area contributed by atoms with Crippen molar-refractivity contribution in [2.75, 3.05) is 5.43 Å². The number of anilines is 1. The Morgan fingerprint density at radius 2 is 1.91 bits per heavy atom. The summed E-state index contributed by atoms with van der Waals surface area (Å²) in [7, 11) is 0. The number of hydrazine groups is 1. The molecule has 114 valence electrons. The second-order valence-corrected chi connectivity index (χ2v) is 4.61. The van der Waals surface area contributed by atoms with Gasteiger partial charge in [-0.25, -0.2) is 0 Å². The molecule has 0 saturated heterocycles. The fourth-order valence-electron chi connectivity index (χ4n) is 1.86. The van der Waals surface area contributed by atoms with Gasteiger partial charge in [-0.05, 0) is 11.6 Å². The van der Waals surface area contributed by atoms with Crippen molar-refractivity contribution < 1.29 is 14.8 Å². The SMILES string of the molecule is O=C(CC(O)c1ccccc1)NNc1cccc([N+](=O)[O-])c1. The minimum absolute atomic E-state index is 0.0800. The summed E-state index contributed by atoms with van der Waals surface area (Å²) in [5.74, 6) is -0.428. The highest BCUT2D eigenvalue weighted by atomic mass is 16.6. The van der Waals surface area contributed by atoms with Crippen LogP contribution in [0.1, 0.15) is 18.1 Å². The van der Waals surface area contributed by atoms with Gasteiger partial charge in [0, 0.05) is 12.1 Å². The number of benzene rings is 2. The Kier molecular flexibility index (Phi) is 5.05. The van der Waals surface area contributed by atoms with Crippen LogP contribution >= 0.6 is 0 Å². The zero-order chi connectivity index (χ0) is 15.9. The number of nitrogens with zero attached hydrogens (tertiary/aromatic N) is 1. The van der Waals surface area contributed by atoms with Gasteiger partial charge >= 0.3 is 0 Å². The zero-order valence-electron chi connectivity index (χ0n) is 11.6. The van der Waals surface area contributed by atoms with Crippen LogP contribution in [-0.4, -0.2) is 15.9 Å². The summed E-state index contributed by atoms with van der Waals surface area (Å²) in [4.78, 5) is 21.9. The predicted molar refractivity (Wildman–Crippen MR) is 80.9 cm³/mol. The van der Waals surface area contributed by atoms with Crippen LogP contribution in [-0.2, 0) is 4.79 Å². The maximum Gasteiger partial charge on any atom is 0.271 e. The van der Waals surface area contributed by atoms with Gasteiger partial charge in [0.1, 0.15) is 0 Å². The number of aliphatic hydroxyl groups is 1. The van der Waals surface area contributed by atoms with Gasteiger partial charge in [-0.3, -0.25) is 25.8 Å². The first-order valence-corrected chi connectivity index (χ1v) is 6.58.